The summed E-state index contributed by atoms with van der Waals surface area (Å²) >= 11 is 0. The molecule has 0 bridgehead atoms. The van der Waals surface area contributed by atoms with Crippen LogP contribution in [0.2, 0.25) is 0 Å². The molecule has 8 heteroatoms. The van der Waals surface area contributed by atoms with Crippen molar-refractivity contribution < 1.29 is 4.39 Å². The minimum absolute atomic E-state index is 0.140. The average Bonchev–Trinajstić information content (AvgIpc) is 3.45. The van der Waals surface area contributed by atoms with Crippen LogP contribution in [0.5, 0.6) is 0 Å². The number of nitrogens with zero attached hydrogens (tertiary/aromatic N) is 5. The normalized spacial score (nSPS) is 11.2. The summed E-state index contributed by atoms with van der Waals surface area (Å²) < 4.78 is 17.1. The van der Waals surface area contributed by atoms with Gasteiger partial charge in [-0.1, -0.05) is 61.9 Å². The van der Waals surface area contributed by atoms with Crippen molar-refractivity contribution in [2.75, 3.05) is 0 Å². The molecule has 0 atom stereocenters. The summed E-state index contributed by atoms with van der Waals surface area (Å²) in [7, 11) is 0. The van der Waals surface area contributed by atoms with Gasteiger partial charge >= 0.3 is 5.69 Å². The molecule has 0 radical (unpaired) electrons. The number of halogens is 1. The molecule has 32 heavy (non-hydrogen) atoms. The Morgan fingerprint density at radius 1 is 0.969 bits per heavy atom. The first-order valence-electron chi connectivity index (χ1n) is 11.0. The van der Waals surface area contributed by atoms with Crippen LogP contribution in [0.1, 0.15) is 43.6 Å². The Hall–Kier alpha value is -3.55. The number of H-pyrrole nitrogens is 1. The zero-order valence-corrected chi connectivity index (χ0v) is 18.4. The molecule has 4 rings (SSSR count). The molecular weight excluding hydrogens is 407 g/mol. The van der Waals surface area contributed by atoms with E-state index in [2.05, 4.69) is 27.5 Å². The molecule has 2 aromatic carbocycles. The van der Waals surface area contributed by atoms with Crippen LogP contribution in [0, 0.1) is 0 Å². The van der Waals surface area contributed by atoms with Gasteiger partial charge in [-0.25, -0.2) is 14.3 Å². The lowest BCUT2D eigenvalue weighted by molar-refractivity contribution is 0.453. The summed E-state index contributed by atoms with van der Waals surface area (Å²) in [6.07, 6.45) is 2.62. The van der Waals surface area contributed by atoms with E-state index in [-0.39, 0.29) is 5.69 Å². The molecule has 0 saturated carbocycles. The van der Waals surface area contributed by atoms with Crippen molar-refractivity contribution in [3.8, 4) is 22.5 Å². The van der Waals surface area contributed by atoms with Gasteiger partial charge in [0.1, 0.15) is 6.67 Å². The van der Waals surface area contributed by atoms with Crippen LogP contribution < -0.4 is 5.69 Å². The van der Waals surface area contributed by atoms with Crippen LogP contribution in [0.3, 0.4) is 0 Å². The minimum atomic E-state index is -0.624. The molecule has 0 aliphatic heterocycles. The lowest BCUT2D eigenvalue weighted by atomic mass is 9.98. The Morgan fingerprint density at radius 3 is 2.34 bits per heavy atom. The van der Waals surface area contributed by atoms with Crippen molar-refractivity contribution in [1.82, 2.24) is 29.8 Å². The number of aromatic amines is 1. The van der Waals surface area contributed by atoms with Gasteiger partial charge < -0.3 is 0 Å². The summed E-state index contributed by atoms with van der Waals surface area (Å²) in [6.45, 7) is 4.24. The number of unbranched alkanes of at least 4 members (excludes halogenated alkanes) is 1. The fourth-order valence-corrected chi connectivity index (χ4v) is 4.14. The molecule has 4 aromatic rings. The number of aromatic nitrogens is 6. The van der Waals surface area contributed by atoms with E-state index in [1.54, 1.807) is 9.13 Å². The fourth-order valence-electron chi connectivity index (χ4n) is 4.14. The van der Waals surface area contributed by atoms with Crippen molar-refractivity contribution >= 4 is 0 Å². The van der Waals surface area contributed by atoms with Gasteiger partial charge in [0.05, 0.1) is 12.2 Å². The SMILES string of the molecule is CCCCc1c(CF)n(CC)c(=O)n1Cc1ccc(-c2ccccc2-c2nnn[nH]2)cc1. The van der Waals surface area contributed by atoms with Gasteiger partial charge in [0, 0.05) is 17.8 Å². The molecule has 0 amide bonds. The molecule has 0 spiro atoms. The largest absolute Gasteiger partial charge is 0.328 e. The molecule has 2 heterocycles. The maximum atomic E-state index is 13.8. The molecule has 0 fully saturated rings. The predicted octanol–water partition coefficient (Wildman–Crippen LogP) is 4.38. The van der Waals surface area contributed by atoms with Crippen LogP contribution in [-0.2, 0) is 26.2 Å². The van der Waals surface area contributed by atoms with Gasteiger partial charge in [0.2, 0.25) is 0 Å². The molecule has 1 N–H and O–H groups in total. The maximum absolute atomic E-state index is 13.8. The monoisotopic (exact) mass is 434 g/mol. The third kappa shape index (κ3) is 4.12. The molecule has 0 saturated heterocycles. The Labute approximate surface area is 185 Å². The predicted molar refractivity (Wildman–Crippen MR) is 122 cm³/mol. The Morgan fingerprint density at radius 2 is 1.72 bits per heavy atom. The summed E-state index contributed by atoms with van der Waals surface area (Å²) in [4.78, 5) is 13.0. The van der Waals surface area contributed by atoms with Gasteiger partial charge in [0.25, 0.3) is 0 Å². The molecule has 7 nitrogen and oxygen atoms in total. The van der Waals surface area contributed by atoms with Gasteiger partial charge in [-0.15, -0.1) is 5.10 Å². The van der Waals surface area contributed by atoms with Crippen molar-refractivity contribution in [3.05, 3.63) is 76.0 Å². The highest BCUT2D eigenvalue weighted by atomic mass is 19.1. The molecule has 0 aliphatic rings. The molecular formula is C24H27FN6O. The molecule has 166 valence electrons. The van der Waals surface area contributed by atoms with E-state index in [0.717, 1.165) is 40.8 Å². The summed E-state index contributed by atoms with van der Waals surface area (Å²) in [5.74, 6) is 0.608. The van der Waals surface area contributed by atoms with Gasteiger partial charge in [-0.05, 0) is 46.9 Å². The molecule has 2 aromatic heterocycles. The van der Waals surface area contributed by atoms with Gasteiger partial charge in [-0.3, -0.25) is 9.13 Å². The zero-order valence-electron chi connectivity index (χ0n) is 18.4. The third-order valence-corrected chi connectivity index (χ3v) is 5.79. The second-order valence-corrected chi connectivity index (χ2v) is 7.74. The van der Waals surface area contributed by atoms with E-state index >= 15 is 0 Å². The van der Waals surface area contributed by atoms with E-state index in [0.29, 0.717) is 31.0 Å². The highest BCUT2D eigenvalue weighted by molar-refractivity contribution is 5.80. The van der Waals surface area contributed by atoms with E-state index in [1.165, 1.54) is 0 Å². The van der Waals surface area contributed by atoms with Crippen molar-refractivity contribution in [2.45, 2.75) is 52.9 Å². The number of hydrogen-bond donors (Lipinski definition) is 1. The highest BCUT2D eigenvalue weighted by Gasteiger charge is 2.19. The van der Waals surface area contributed by atoms with E-state index in [4.69, 9.17) is 0 Å². The number of hydrogen-bond acceptors (Lipinski definition) is 4. The first kappa shape index (κ1) is 21.7. The number of alkyl halides is 1. The van der Waals surface area contributed by atoms with Crippen LogP contribution in [0.4, 0.5) is 4.39 Å². The van der Waals surface area contributed by atoms with Gasteiger partial charge in [-0.2, -0.15) is 0 Å². The summed E-state index contributed by atoms with van der Waals surface area (Å²) in [6, 6.07) is 16.0. The molecule has 0 unspecified atom stereocenters. The van der Waals surface area contributed by atoms with Crippen LogP contribution in [0.15, 0.2) is 53.3 Å². The second kappa shape index (κ2) is 9.72. The first-order valence-corrected chi connectivity index (χ1v) is 11.0. The number of benzene rings is 2. The van der Waals surface area contributed by atoms with E-state index in [9.17, 15) is 9.18 Å². The Bertz CT molecular complexity index is 1220. The molecule has 0 aliphatic carbocycles. The van der Waals surface area contributed by atoms with Crippen molar-refractivity contribution in [2.24, 2.45) is 0 Å². The topological polar surface area (TPSA) is 81.4 Å². The average molecular weight is 435 g/mol. The number of nitrogens with one attached hydrogen (secondary N) is 1. The zero-order chi connectivity index (χ0) is 22.5. The third-order valence-electron chi connectivity index (χ3n) is 5.79. The fraction of sp³-hybridized carbons (Fsp3) is 0.333. The summed E-state index contributed by atoms with van der Waals surface area (Å²) in [5, 5.41) is 14.2. The highest BCUT2D eigenvalue weighted by Crippen LogP contribution is 2.30. The second-order valence-electron chi connectivity index (χ2n) is 7.74. The maximum Gasteiger partial charge on any atom is 0.328 e. The van der Waals surface area contributed by atoms with Gasteiger partial charge in [0.15, 0.2) is 5.82 Å². The number of tetrazole rings is 1. The van der Waals surface area contributed by atoms with Crippen molar-refractivity contribution in [1.29, 1.82) is 0 Å². The van der Waals surface area contributed by atoms with E-state index in [1.807, 2.05) is 55.5 Å². The van der Waals surface area contributed by atoms with Crippen LogP contribution in [0.25, 0.3) is 22.5 Å². The number of imidazole rings is 1. The lowest BCUT2D eigenvalue weighted by Gasteiger charge is -2.11. The van der Waals surface area contributed by atoms with Crippen molar-refractivity contribution in [3.63, 3.8) is 0 Å². The standard InChI is InChI=1S/C24H27FN6O/c1-3-5-10-21-22(15-25)30(4-2)24(32)31(21)16-17-11-13-18(14-12-17)19-8-6-7-9-20(19)23-26-28-29-27-23/h6-9,11-14H,3-5,10,15-16H2,1-2H3,(H,26,27,28,29). The summed E-state index contributed by atoms with van der Waals surface area (Å²) in [5.41, 5.74) is 5.12. The van der Waals surface area contributed by atoms with Crippen LogP contribution >= 0.6 is 0 Å². The quantitative estimate of drug-likeness (QED) is 0.424. The lowest BCUT2D eigenvalue weighted by Crippen LogP contribution is -2.25. The van der Waals surface area contributed by atoms with E-state index < -0.39 is 6.67 Å². The number of rotatable bonds is 9. The minimum Gasteiger partial charge on any atom is -0.294 e. The Balaban J connectivity index is 1.66. The first-order chi connectivity index (χ1) is 15.7. The van der Waals surface area contributed by atoms with Crippen LogP contribution in [-0.4, -0.2) is 29.8 Å². The Kier molecular flexibility index (Phi) is 6.58. The smallest absolute Gasteiger partial charge is 0.294 e.